The number of guanidine groups is 2. The molecule has 0 bridgehead atoms. The number of carboxylic acids is 1. The summed E-state index contributed by atoms with van der Waals surface area (Å²) in [6.45, 7) is 4.26. The molecule has 1 aromatic rings. The number of para-hydroxylation sites is 1. The van der Waals surface area contributed by atoms with Crippen LogP contribution in [-0.4, -0.2) is 86.4 Å². The summed E-state index contributed by atoms with van der Waals surface area (Å²) in [5.41, 5.74) is 10.8. The third-order valence-corrected chi connectivity index (χ3v) is 6.91. The zero-order valence-corrected chi connectivity index (χ0v) is 18.0. The van der Waals surface area contributed by atoms with Gasteiger partial charge < -0.3 is 36.4 Å². The van der Waals surface area contributed by atoms with Gasteiger partial charge in [-0.3, -0.25) is 15.8 Å². The van der Waals surface area contributed by atoms with Crippen LogP contribution in [0.4, 0.5) is 0 Å². The van der Waals surface area contributed by atoms with Gasteiger partial charge in [0.05, 0.1) is 18.7 Å². The number of carboxylic acid groups (broad SMARTS) is 1. The molecular weight excluding hydrogens is 434 g/mol. The minimum atomic E-state index is -2.70. The van der Waals surface area contributed by atoms with Crippen LogP contribution in [0.1, 0.15) is 29.8 Å². The quantitative estimate of drug-likeness (QED) is 0.165. The molecule has 4 atom stereocenters. The molecular formula is C20H26N7O6+. The molecule has 1 aromatic carbocycles. The Bertz CT molecular complexity index is 1150. The first-order chi connectivity index (χ1) is 15.4. The molecule has 33 heavy (non-hydrogen) atoms. The number of carbonyl (C=O) groups is 2. The van der Waals surface area contributed by atoms with E-state index in [1.54, 1.807) is 12.1 Å². The average Bonchev–Trinajstić information content (AvgIpc) is 3.32. The van der Waals surface area contributed by atoms with Gasteiger partial charge in [-0.1, -0.05) is 26.0 Å². The van der Waals surface area contributed by atoms with E-state index in [-0.39, 0.29) is 29.4 Å². The van der Waals surface area contributed by atoms with E-state index in [0.29, 0.717) is 12.4 Å². The van der Waals surface area contributed by atoms with Gasteiger partial charge in [-0.15, -0.1) is 0 Å². The van der Waals surface area contributed by atoms with Crippen molar-refractivity contribution in [3.05, 3.63) is 29.3 Å². The van der Waals surface area contributed by atoms with Crippen LogP contribution in [0.15, 0.2) is 23.2 Å². The molecule has 0 radical (unpaired) electrons. The van der Waals surface area contributed by atoms with Crippen LogP contribution >= 0.6 is 0 Å². The first kappa shape index (κ1) is 21.3. The third-order valence-electron chi connectivity index (χ3n) is 6.91. The average molecular weight is 460 g/mol. The topological polar surface area (TPSA) is 208 Å². The van der Waals surface area contributed by atoms with Gasteiger partial charge >= 0.3 is 11.9 Å². The van der Waals surface area contributed by atoms with E-state index in [9.17, 15) is 24.9 Å². The highest BCUT2D eigenvalue weighted by Crippen LogP contribution is 2.43. The van der Waals surface area contributed by atoms with Gasteiger partial charge in [0, 0.05) is 11.0 Å². The molecule has 0 aliphatic carbocycles. The molecule has 1 spiro atoms. The molecule has 4 heterocycles. The van der Waals surface area contributed by atoms with E-state index in [0.717, 1.165) is 5.56 Å². The van der Waals surface area contributed by atoms with Gasteiger partial charge in [-0.2, -0.15) is 0 Å². The second-order valence-electron chi connectivity index (χ2n) is 9.41. The number of fused-ring (bicyclic) bond motifs is 1. The van der Waals surface area contributed by atoms with Crippen molar-refractivity contribution in [3.8, 4) is 5.75 Å². The number of carbonyl (C=O) groups excluding carboxylic acids is 1. The number of aliphatic hydroxyl groups is 2. The minimum Gasteiger partial charge on any atom is -0.492 e. The van der Waals surface area contributed by atoms with Crippen molar-refractivity contribution in [2.24, 2.45) is 16.5 Å². The van der Waals surface area contributed by atoms with Crippen LogP contribution in [0.2, 0.25) is 0 Å². The monoisotopic (exact) mass is 460 g/mol. The molecule has 176 valence electrons. The lowest BCUT2D eigenvalue weighted by Crippen LogP contribution is -2.79. The number of amides is 1. The molecule has 13 heteroatoms. The lowest BCUT2D eigenvalue weighted by molar-refractivity contribution is -0.622. The van der Waals surface area contributed by atoms with E-state index < -0.39 is 41.5 Å². The Morgan fingerprint density at radius 2 is 2.03 bits per heavy atom. The first-order valence-electron chi connectivity index (χ1n) is 10.4. The summed E-state index contributed by atoms with van der Waals surface area (Å²) in [5.74, 6) is -4.43. The van der Waals surface area contributed by atoms with Crippen molar-refractivity contribution in [2.45, 2.75) is 48.8 Å². The minimum absolute atomic E-state index is 0.119. The molecule has 4 aliphatic rings. The maximum absolute atomic E-state index is 13.2. The van der Waals surface area contributed by atoms with E-state index >= 15 is 0 Å². The predicted octanol–water partition coefficient (Wildman–Crippen LogP) is -3.48. The third kappa shape index (κ3) is 2.66. The zero-order valence-electron chi connectivity index (χ0n) is 18.0. The Morgan fingerprint density at radius 1 is 1.30 bits per heavy atom. The molecule has 13 nitrogen and oxygen atoms in total. The summed E-state index contributed by atoms with van der Waals surface area (Å²) in [6, 6.07) is 1.31. The number of aliphatic imine (C=N–C) groups is 1. The molecule has 5 rings (SSSR count). The van der Waals surface area contributed by atoms with E-state index in [1.165, 1.54) is 4.58 Å². The molecule has 10 N–H and O–H groups in total. The molecule has 4 aliphatic heterocycles. The Balaban J connectivity index is 1.51. The fraction of sp³-hybridized carbons (Fsp3) is 0.500. The summed E-state index contributed by atoms with van der Waals surface area (Å²) < 4.78 is 7.11. The molecule has 1 amide bonds. The number of hydrogen-bond donors (Lipinski definition) is 8. The van der Waals surface area contributed by atoms with Gasteiger partial charge in [-0.25, -0.2) is 14.4 Å². The van der Waals surface area contributed by atoms with Gasteiger partial charge in [-0.05, 0) is 6.07 Å². The van der Waals surface area contributed by atoms with Crippen LogP contribution in [-0.2, 0) is 10.2 Å². The molecule has 0 saturated carbocycles. The molecule has 0 aromatic heterocycles. The van der Waals surface area contributed by atoms with Crippen LogP contribution in [0.3, 0.4) is 0 Å². The van der Waals surface area contributed by atoms with Crippen molar-refractivity contribution >= 4 is 23.8 Å². The van der Waals surface area contributed by atoms with Crippen LogP contribution in [0.5, 0.6) is 5.75 Å². The Labute approximate surface area is 188 Å². The highest BCUT2D eigenvalue weighted by Gasteiger charge is 2.76. The second kappa shape index (κ2) is 6.48. The van der Waals surface area contributed by atoms with Gasteiger partial charge in [0.1, 0.15) is 11.8 Å². The van der Waals surface area contributed by atoms with Crippen molar-refractivity contribution in [2.75, 3.05) is 13.2 Å². The maximum Gasteiger partial charge on any atom is 0.346 e. The number of ether oxygens (including phenoxy) is 1. The predicted molar refractivity (Wildman–Crippen MR) is 114 cm³/mol. The van der Waals surface area contributed by atoms with Crippen molar-refractivity contribution in [1.82, 2.24) is 16.0 Å². The normalized spacial score (nSPS) is 32.5. The Hall–Kier alpha value is -3.58. The maximum atomic E-state index is 13.2. The van der Waals surface area contributed by atoms with Crippen molar-refractivity contribution in [1.29, 1.82) is 0 Å². The molecule has 1 unspecified atom stereocenters. The highest BCUT2D eigenvalue weighted by molar-refractivity contribution is 5.98. The molecule has 1 saturated heterocycles. The number of nitrogens with zero attached hydrogens (tertiary/aromatic N) is 2. The standard InChI is InChI=1S/C20H25N7O6/c1-18(2)7-33-12-8(4-3-5-9(12)18)14(28)23-10-6-27-17(22)24-11(15(29)30)13-19(27,20(10,31)32)26-16(21)25-13/h3-5,10-11,13,31-32H,6-7H2,1-2H3,(H7,21,22,23,24,25,26,28,29,30)/p+1/t10-,11?,13-,19-/m0/s1. The van der Waals surface area contributed by atoms with Crippen LogP contribution < -0.4 is 32.2 Å². The van der Waals surface area contributed by atoms with E-state index in [4.69, 9.17) is 16.2 Å². The van der Waals surface area contributed by atoms with Gasteiger partial charge in [0.25, 0.3) is 5.91 Å². The number of hydrogen-bond acceptors (Lipinski definition) is 10. The van der Waals surface area contributed by atoms with E-state index in [2.05, 4.69) is 20.9 Å². The first-order valence-corrected chi connectivity index (χ1v) is 10.4. The summed E-state index contributed by atoms with van der Waals surface area (Å²) in [6.07, 6.45) is 0. The van der Waals surface area contributed by atoms with Crippen molar-refractivity contribution in [3.63, 3.8) is 0 Å². The lowest BCUT2D eigenvalue weighted by Gasteiger charge is -2.42. The number of rotatable bonds is 3. The fourth-order valence-electron chi connectivity index (χ4n) is 5.23. The summed E-state index contributed by atoms with van der Waals surface area (Å²) >= 11 is 0. The fourth-order valence-corrected chi connectivity index (χ4v) is 5.23. The highest BCUT2D eigenvalue weighted by atomic mass is 16.5. The van der Waals surface area contributed by atoms with Gasteiger partial charge in [0.15, 0.2) is 18.0 Å². The number of nitrogens with two attached hydrogens (primary N) is 2. The zero-order chi connectivity index (χ0) is 23.9. The lowest BCUT2D eigenvalue weighted by atomic mass is 9.85. The SMILES string of the molecule is CC1(C)COc2c(C(=O)N[C@H]3C[N+]4=C(N)NC(C(=O)O)[C@@H]5N=C(N)N[C@@]54C3(O)O)cccc21. The Morgan fingerprint density at radius 3 is 2.73 bits per heavy atom. The number of nitrogens with one attached hydrogen (secondary N) is 3. The molecule has 1 fully saturated rings. The smallest absolute Gasteiger partial charge is 0.346 e. The van der Waals surface area contributed by atoms with Crippen LogP contribution in [0.25, 0.3) is 0 Å². The number of aliphatic carboxylic acids is 1. The summed E-state index contributed by atoms with van der Waals surface area (Å²) in [4.78, 5) is 29.1. The van der Waals surface area contributed by atoms with Crippen LogP contribution in [0, 0.1) is 0 Å². The van der Waals surface area contributed by atoms with E-state index in [1.807, 2.05) is 19.9 Å². The second-order valence-corrected chi connectivity index (χ2v) is 9.41. The number of benzene rings is 1. The van der Waals surface area contributed by atoms with Gasteiger partial charge in [0.2, 0.25) is 11.4 Å². The Kier molecular flexibility index (Phi) is 4.18. The summed E-state index contributed by atoms with van der Waals surface area (Å²) in [5, 5.41) is 40.2. The largest absolute Gasteiger partial charge is 0.492 e. The summed E-state index contributed by atoms with van der Waals surface area (Å²) in [7, 11) is 0. The van der Waals surface area contributed by atoms with Crippen molar-refractivity contribution < 1.29 is 34.2 Å².